The molecular weight excluding hydrogens is 206 g/mol. The van der Waals surface area contributed by atoms with Gasteiger partial charge < -0.3 is 4.98 Å². The first kappa shape index (κ1) is 9.14. The fourth-order valence-electron chi connectivity index (χ4n) is 1.97. The average molecular weight is 217 g/mol. The summed E-state index contributed by atoms with van der Waals surface area (Å²) < 4.78 is 3.42. The molecule has 6 nitrogen and oxygen atoms in total. The number of aromatic amines is 1. The zero-order chi connectivity index (χ0) is 11.4. The second-order valence-electron chi connectivity index (χ2n) is 3.88. The number of aromatic nitrogens is 5. The van der Waals surface area contributed by atoms with Crippen LogP contribution < -0.4 is 5.56 Å². The van der Waals surface area contributed by atoms with Gasteiger partial charge in [0.1, 0.15) is 5.52 Å². The molecule has 0 unspecified atom stereocenters. The third kappa shape index (κ3) is 0.886. The van der Waals surface area contributed by atoms with E-state index in [0.717, 1.165) is 11.4 Å². The van der Waals surface area contributed by atoms with Gasteiger partial charge in [-0.3, -0.25) is 9.36 Å². The number of H-pyrrole nitrogens is 1. The smallest absolute Gasteiger partial charge is 0.285 e. The highest BCUT2D eigenvalue weighted by Gasteiger charge is 2.14. The van der Waals surface area contributed by atoms with Crippen molar-refractivity contribution in [3.63, 3.8) is 0 Å². The first-order valence-corrected chi connectivity index (χ1v) is 4.99. The normalized spacial score (nSPS) is 11.7. The van der Waals surface area contributed by atoms with Gasteiger partial charge in [0.2, 0.25) is 5.78 Å². The van der Waals surface area contributed by atoms with E-state index in [-0.39, 0.29) is 5.56 Å². The molecule has 0 spiro atoms. The van der Waals surface area contributed by atoms with Crippen molar-refractivity contribution in [3.8, 4) is 0 Å². The Labute approximate surface area is 90.6 Å². The van der Waals surface area contributed by atoms with Gasteiger partial charge in [0.05, 0.1) is 12.0 Å². The molecule has 3 aromatic heterocycles. The van der Waals surface area contributed by atoms with Crippen molar-refractivity contribution in [2.24, 2.45) is 7.05 Å². The number of rotatable bonds is 0. The molecule has 6 heteroatoms. The van der Waals surface area contributed by atoms with Gasteiger partial charge in [0, 0.05) is 12.7 Å². The minimum Gasteiger partial charge on any atom is -0.339 e. The van der Waals surface area contributed by atoms with Crippen LogP contribution in [0.25, 0.3) is 16.9 Å². The lowest BCUT2D eigenvalue weighted by Gasteiger charge is -2.02. The summed E-state index contributed by atoms with van der Waals surface area (Å²) in [6.45, 7) is 3.78. The average Bonchev–Trinajstić information content (AvgIpc) is 2.83. The lowest BCUT2D eigenvalue weighted by Crippen LogP contribution is -2.18. The van der Waals surface area contributed by atoms with Gasteiger partial charge in [-0.25, -0.2) is 14.4 Å². The largest absolute Gasteiger partial charge is 0.339 e. The van der Waals surface area contributed by atoms with Crippen LogP contribution in [0.3, 0.4) is 0 Å². The molecule has 0 saturated heterocycles. The van der Waals surface area contributed by atoms with E-state index in [4.69, 9.17) is 0 Å². The highest BCUT2D eigenvalue weighted by molar-refractivity contribution is 5.72. The molecule has 0 fully saturated rings. The number of fused-ring (bicyclic) bond motifs is 2. The highest BCUT2D eigenvalue weighted by Crippen LogP contribution is 2.12. The van der Waals surface area contributed by atoms with E-state index in [1.54, 1.807) is 4.40 Å². The second kappa shape index (κ2) is 2.72. The summed E-state index contributed by atoms with van der Waals surface area (Å²) in [4.78, 5) is 23.5. The molecule has 82 valence electrons. The fourth-order valence-corrected chi connectivity index (χ4v) is 1.97. The zero-order valence-corrected chi connectivity index (χ0v) is 9.27. The summed E-state index contributed by atoms with van der Waals surface area (Å²) in [6, 6.07) is 0. The molecule has 0 atom stereocenters. The quantitative estimate of drug-likeness (QED) is 0.597. The van der Waals surface area contributed by atoms with E-state index >= 15 is 0 Å². The zero-order valence-electron chi connectivity index (χ0n) is 9.27. The summed E-state index contributed by atoms with van der Waals surface area (Å²) in [6.07, 6.45) is 1.52. The molecule has 0 aromatic carbocycles. The minimum absolute atomic E-state index is 0.0984. The number of aryl methyl sites for hydroxylation is 3. The van der Waals surface area contributed by atoms with Crippen LogP contribution in [-0.4, -0.2) is 23.9 Å². The van der Waals surface area contributed by atoms with Crippen molar-refractivity contribution in [2.45, 2.75) is 13.8 Å². The lowest BCUT2D eigenvalue weighted by atomic mass is 10.4. The first-order valence-electron chi connectivity index (χ1n) is 4.99. The highest BCUT2D eigenvalue weighted by atomic mass is 16.1. The predicted octanol–water partition coefficient (Wildman–Crippen LogP) is 0.526. The monoisotopic (exact) mass is 217 g/mol. The Morgan fingerprint density at radius 2 is 2.12 bits per heavy atom. The lowest BCUT2D eigenvalue weighted by molar-refractivity contribution is 0.891. The van der Waals surface area contributed by atoms with Gasteiger partial charge >= 0.3 is 0 Å². The number of nitrogens with zero attached hydrogens (tertiary/aromatic N) is 4. The maximum absolute atomic E-state index is 12.2. The van der Waals surface area contributed by atoms with Gasteiger partial charge in [-0.2, -0.15) is 0 Å². The maximum Gasteiger partial charge on any atom is 0.285 e. The third-order valence-electron chi connectivity index (χ3n) is 2.98. The van der Waals surface area contributed by atoms with Crippen LogP contribution in [0, 0.1) is 13.8 Å². The maximum atomic E-state index is 12.2. The molecule has 0 bridgehead atoms. The molecule has 1 N–H and O–H groups in total. The van der Waals surface area contributed by atoms with Crippen LogP contribution in [0.5, 0.6) is 0 Å². The van der Waals surface area contributed by atoms with Crippen LogP contribution in [0.15, 0.2) is 11.1 Å². The number of hydrogen-bond donors (Lipinski definition) is 1. The summed E-state index contributed by atoms with van der Waals surface area (Å²) in [7, 11) is 1.85. The standard InChI is InChI=1S/C10H11N5O/c1-5-6(2)15-9(16)7-8(12-4-11-7)14(3)10(15)13-5/h4H,1-3H3,(H,11,12). The number of hydrogen-bond acceptors (Lipinski definition) is 3. The van der Waals surface area contributed by atoms with Crippen molar-refractivity contribution in [1.29, 1.82) is 0 Å². The molecular formula is C10H11N5O. The first-order chi connectivity index (χ1) is 7.61. The van der Waals surface area contributed by atoms with Crippen LogP contribution in [-0.2, 0) is 7.05 Å². The van der Waals surface area contributed by atoms with Gasteiger partial charge in [-0.15, -0.1) is 0 Å². The van der Waals surface area contributed by atoms with Crippen LogP contribution >= 0.6 is 0 Å². The van der Waals surface area contributed by atoms with Gasteiger partial charge in [-0.1, -0.05) is 0 Å². The number of nitrogens with one attached hydrogen (secondary N) is 1. The molecule has 16 heavy (non-hydrogen) atoms. The summed E-state index contributed by atoms with van der Waals surface area (Å²) in [5, 5.41) is 0. The molecule has 0 aliphatic carbocycles. The molecule has 3 aromatic rings. The van der Waals surface area contributed by atoms with E-state index in [2.05, 4.69) is 15.0 Å². The predicted molar refractivity (Wildman–Crippen MR) is 59.6 cm³/mol. The van der Waals surface area contributed by atoms with E-state index in [1.165, 1.54) is 6.33 Å². The Bertz CT molecular complexity index is 761. The van der Waals surface area contributed by atoms with Gasteiger partial charge in [-0.05, 0) is 13.8 Å². The van der Waals surface area contributed by atoms with E-state index < -0.39 is 0 Å². The molecule has 0 saturated carbocycles. The molecule has 0 amide bonds. The molecule has 0 radical (unpaired) electrons. The van der Waals surface area contributed by atoms with Crippen molar-refractivity contribution in [2.75, 3.05) is 0 Å². The van der Waals surface area contributed by atoms with Crippen molar-refractivity contribution < 1.29 is 0 Å². The van der Waals surface area contributed by atoms with Gasteiger partial charge in [0.15, 0.2) is 5.65 Å². The Hall–Kier alpha value is -2.11. The summed E-state index contributed by atoms with van der Waals surface area (Å²) in [5.74, 6) is 0.625. The van der Waals surface area contributed by atoms with Gasteiger partial charge in [0.25, 0.3) is 5.56 Å². The molecule has 3 rings (SSSR count). The topological polar surface area (TPSA) is 68.0 Å². The fraction of sp³-hybridized carbons (Fsp3) is 0.300. The SMILES string of the molecule is Cc1nc2n(C)c3nc[nH]c3c(=O)n2c1C. The second-order valence-corrected chi connectivity index (χ2v) is 3.88. The Morgan fingerprint density at radius 1 is 1.38 bits per heavy atom. The Morgan fingerprint density at radius 3 is 2.88 bits per heavy atom. The van der Waals surface area contributed by atoms with Crippen molar-refractivity contribution >= 4 is 16.9 Å². The molecule has 0 aliphatic heterocycles. The van der Waals surface area contributed by atoms with Crippen molar-refractivity contribution in [1.82, 2.24) is 23.9 Å². The summed E-state index contributed by atoms with van der Waals surface area (Å²) >= 11 is 0. The van der Waals surface area contributed by atoms with Crippen LogP contribution in [0.1, 0.15) is 11.4 Å². The van der Waals surface area contributed by atoms with Crippen LogP contribution in [0.4, 0.5) is 0 Å². The Kier molecular flexibility index (Phi) is 1.55. The Balaban J connectivity index is 2.75. The third-order valence-corrected chi connectivity index (χ3v) is 2.98. The summed E-state index contributed by atoms with van der Waals surface area (Å²) in [5.41, 5.74) is 2.77. The van der Waals surface area contributed by atoms with Crippen LogP contribution in [0.2, 0.25) is 0 Å². The minimum atomic E-state index is -0.0984. The van der Waals surface area contributed by atoms with E-state index in [0.29, 0.717) is 16.9 Å². The van der Waals surface area contributed by atoms with E-state index in [1.807, 2.05) is 25.5 Å². The van der Waals surface area contributed by atoms with E-state index in [9.17, 15) is 4.79 Å². The molecule has 0 aliphatic rings. The number of imidazole rings is 2. The van der Waals surface area contributed by atoms with Crippen molar-refractivity contribution in [3.05, 3.63) is 28.1 Å². The molecule has 3 heterocycles.